The summed E-state index contributed by atoms with van der Waals surface area (Å²) in [7, 11) is 0. The molecule has 0 aliphatic carbocycles. The third-order valence-electron chi connectivity index (χ3n) is 4.83. The molecule has 0 spiro atoms. The Bertz CT molecular complexity index is 1080. The van der Waals surface area contributed by atoms with Crippen LogP contribution in [-0.2, 0) is 0 Å². The molecule has 3 aromatic carbocycles. The molecule has 4 aromatic rings. The van der Waals surface area contributed by atoms with Gasteiger partial charge in [-0.15, -0.1) is 0 Å². The van der Waals surface area contributed by atoms with Gasteiger partial charge in [-0.1, -0.05) is 79.7 Å². The smallest absolute Gasteiger partial charge is 0.106 e. The van der Waals surface area contributed by atoms with Crippen molar-refractivity contribution in [3.05, 3.63) is 96.2 Å². The first-order valence-electron chi connectivity index (χ1n) is 9.14. The van der Waals surface area contributed by atoms with E-state index < -0.39 is 0 Å². The molecule has 4 rings (SSSR count). The minimum atomic E-state index is 0.160. The van der Waals surface area contributed by atoms with E-state index in [9.17, 15) is 0 Å². The molecular formula is C25H20N2. The van der Waals surface area contributed by atoms with Crippen molar-refractivity contribution in [2.24, 2.45) is 4.99 Å². The average molecular weight is 348 g/mol. The van der Waals surface area contributed by atoms with Crippen LogP contribution in [0.2, 0.25) is 0 Å². The summed E-state index contributed by atoms with van der Waals surface area (Å²) in [6.45, 7) is 4.11. The van der Waals surface area contributed by atoms with Crippen LogP contribution in [0.1, 0.15) is 30.9 Å². The lowest BCUT2D eigenvalue weighted by Crippen LogP contribution is -1.97. The molecule has 1 aromatic heterocycles. The zero-order chi connectivity index (χ0) is 18.6. The molecule has 0 bridgehead atoms. The molecule has 2 heteroatoms. The standard InChI is InChI=1S/C25H20N2/c1-3-26-24-21(18(2)19-10-6-4-7-11-19)14-15-23-22(16-17-27-25(23)24)20-12-8-5-9-13-20/h3-13,16-18H,1-2H3. The third-order valence-corrected chi connectivity index (χ3v) is 4.83. The molecule has 2 nitrogen and oxygen atoms in total. The highest BCUT2D eigenvalue weighted by molar-refractivity contribution is 6.00. The summed E-state index contributed by atoms with van der Waals surface area (Å²) in [6.07, 6.45) is 3.67. The minimum Gasteiger partial charge on any atom is -0.258 e. The van der Waals surface area contributed by atoms with Gasteiger partial charge in [0.2, 0.25) is 0 Å². The van der Waals surface area contributed by atoms with E-state index in [0.29, 0.717) is 0 Å². The van der Waals surface area contributed by atoms with Crippen LogP contribution in [0.3, 0.4) is 0 Å². The van der Waals surface area contributed by atoms with E-state index in [4.69, 9.17) is 0 Å². The Balaban J connectivity index is 1.94. The van der Waals surface area contributed by atoms with Gasteiger partial charge in [0.25, 0.3) is 0 Å². The SMILES string of the molecule is CC=Nc1c(C(C)c2ccccc2)c#cc2c(-c3ccccc3)ccnc12. The number of hydrogen-bond donors (Lipinski definition) is 0. The summed E-state index contributed by atoms with van der Waals surface area (Å²) in [5.74, 6) is 0.160. The van der Waals surface area contributed by atoms with Crippen LogP contribution in [0.5, 0.6) is 0 Å². The van der Waals surface area contributed by atoms with Gasteiger partial charge in [0.05, 0.1) is 5.39 Å². The number of fused-ring (bicyclic) bond motifs is 1. The van der Waals surface area contributed by atoms with Crippen molar-refractivity contribution in [3.8, 4) is 11.1 Å². The fourth-order valence-electron chi connectivity index (χ4n) is 3.42. The quantitative estimate of drug-likeness (QED) is 0.393. The highest BCUT2D eigenvalue weighted by Crippen LogP contribution is 2.37. The van der Waals surface area contributed by atoms with Crippen molar-refractivity contribution in [3.63, 3.8) is 0 Å². The molecular weight excluding hydrogens is 328 g/mol. The molecule has 130 valence electrons. The first-order valence-corrected chi connectivity index (χ1v) is 9.14. The summed E-state index contributed by atoms with van der Waals surface area (Å²) >= 11 is 0. The van der Waals surface area contributed by atoms with E-state index in [2.05, 4.69) is 65.4 Å². The second-order valence-corrected chi connectivity index (χ2v) is 6.48. The first kappa shape index (κ1) is 17.0. The number of nitrogens with zero attached hydrogens (tertiary/aromatic N) is 2. The molecule has 0 fully saturated rings. The maximum absolute atomic E-state index is 4.68. The van der Waals surface area contributed by atoms with Crippen molar-refractivity contribution >= 4 is 22.8 Å². The molecule has 0 radical (unpaired) electrons. The summed E-state index contributed by atoms with van der Waals surface area (Å²) < 4.78 is 0. The van der Waals surface area contributed by atoms with Crippen LogP contribution < -0.4 is 0 Å². The lowest BCUT2D eigenvalue weighted by molar-refractivity contribution is 0.925. The van der Waals surface area contributed by atoms with Gasteiger partial charge in [0.1, 0.15) is 11.2 Å². The summed E-state index contributed by atoms with van der Waals surface area (Å²) in [5, 5.41) is 0.952. The number of hydrogen-bond acceptors (Lipinski definition) is 2. The maximum Gasteiger partial charge on any atom is 0.106 e. The van der Waals surface area contributed by atoms with Crippen molar-refractivity contribution in [1.82, 2.24) is 4.98 Å². The van der Waals surface area contributed by atoms with Crippen LogP contribution in [0.4, 0.5) is 5.69 Å². The molecule has 1 unspecified atom stereocenters. The molecule has 1 atom stereocenters. The van der Waals surface area contributed by atoms with Gasteiger partial charge >= 0.3 is 0 Å². The van der Waals surface area contributed by atoms with E-state index >= 15 is 0 Å². The highest BCUT2D eigenvalue weighted by Gasteiger charge is 2.17. The molecule has 0 saturated carbocycles. The van der Waals surface area contributed by atoms with Crippen LogP contribution in [-0.4, -0.2) is 11.2 Å². The van der Waals surface area contributed by atoms with Crippen LogP contribution in [0, 0.1) is 12.1 Å². The Labute approximate surface area is 160 Å². The van der Waals surface area contributed by atoms with Crippen LogP contribution >= 0.6 is 0 Å². The Morgan fingerprint density at radius 1 is 0.926 bits per heavy atom. The Morgan fingerprint density at radius 2 is 1.63 bits per heavy atom. The molecule has 0 aliphatic rings. The molecule has 0 N–H and O–H groups in total. The van der Waals surface area contributed by atoms with E-state index in [1.165, 1.54) is 5.56 Å². The number of rotatable bonds is 4. The first-order chi connectivity index (χ1) is 13.3. The topological polar surface area (TPSA) is 25.2 Å². The van der Waals surface area contributed by atoms with Gasteiger partial charge in [-0.3, -0.25) is 9.98 Å². The second-order valence-electron chi connectivity index (χ2n) is 6.48. The second kappa shape index (κ2) is 7.43. The number of benzene rings is 2. The summed E-state index contributed by atoms with van der Waals surface area (Å²) in [5.41, 5.74) is 6.23. The largest absolute Gasteiger partial charge is 0.258 e. The monoisotopic (exact) mass is 348 g/mol. The van der Waals surface area contributed by atoms with E-state index in [1.54, 1.807) is 0 Å². The number of pyridine rings is 1. The predicted molar refractivity (Wildman–Crippen MR) is 113 cm³/mol. The number of aliphatic imine (C=N–C) groups is 1. The molecule has 0 aliphatic heterocycles. The van der Waals surface area contributed by atoms with Gasteiger partial charge in [-0.2, -0.15) is 0 Å². The molecule has 27 heavy (non-hydrogen) atoms. The molecule has 1 heterocycles. The summed E-state index contributed by atoms with van der Waals surface area (Å²) in [4.78, 5) is 9.34. The summed E-state index contributed by atoms with van der Waals surface area (Å²) in [6, 6.07) is 29.5. The van der Waals surface area contributed by atoms with Crippen LogP contribution in [0.15, 0.2) is 77.9 Å². The maximum atomic E-state index is 4.68. The van der Waals surface area contributed by atoms with Gasteiger partial charge in [0.15, 0.2) is 0 Å². The Hall–Kier alpha value is -3.44. The minimum absolute atomic E-state index is 0.160. The lowest BCUT2D eigenvalue weighted by Gasteiger charge is -2.14. The zero-order valence-corrected chi connectivity index (χ0v) is 15.5. The fraction of sp³-hybridized carbons (Fsp3) is 0.120. The van der Waals surface area contributed by atoms with Crippen molar-refractivity contribution < 1.29 is 0 Å². The van der Waals surface area contributed by atoms with E-state index in [1.807, 2.05) is 49.7 Å². The lowest BCUT2D eigenvalue weighted by atomic mass is 9.91. The van der Waals surface area contributed by atoms with Gasteiger partial charge in [-0.25, -0.2) is 0 Å². The van der Waals surface area contributed by atoms with Gasteiger partial charge in [0, 0.05) is 29.5 Å². The van der Waals surface area contributed by atoms with E-state index in [-0.39, 0.29) is 5.92 Å². The van der Waals surface area contributed by atoms with Gasteiger partial charge in [-0.05, 0) is 24.1 Å². The average Bonchev–Trinajstić information content (AvgIpc) is 2.74. The predicted octanol–water partition coefficient (Wildman–Crippen LogP) is 6.38. The highest BCUT2D eigenvalue weighted by atomic mass is 14.8. The molecule has 0 saturated heterocycles. The fourth-order valence-corrected chi connectivity index (χ4v) is 3.42. The van der Waals surface area contributed by atoms with E-state index in [0.717, 1.165) is 33.3 Å². The Morgan fingerprint density at radius 3 is 2.33 bits per heavy atom. The van der Waals surface area contributed by atoms with Gasteiger partial charge < -0.3 is 0 Å². The van der Waals surface area contributed by atoms with Crippen molar-refractivity contribution in [2.45, 2.75) is 19.8 Å². The Kier molecular flexibility index (Phi) is 4.68. The molecule has 0 amide bonds. The zero-order valence-electron chi connectivity index (χ0n) is 15.5. The van der Waals surface area contributed by atoms with Crippen molar-refractivity contribution in [2.75, 3.05) is 0 Å². The normalized spacial score (nSPS) is 12.2. The third kappa shape index (κ3) is 3.20. The van der Waals surface area contributed by atoms with Crippen molar-refractivity contribution in [1.29, 1.82) is 0 Å². The van der Waals surface area contributed by atoms with Crippen LogP contribution in [0.25, 0.3) is 22.0 Å². The number of aromatic nitrogens is 1.